The molecule has 0 unspecified atom stereocenters. The summed E-state index contributed by atoms with van der Waals surface area (Å²) < 4.78 is 29.9. The van der Waals surface area contributed by atoms with Crippen LogP contribution in [0.2, 0.25) is 0 Å². The zero-order chi connectivity index (χ0) is 15.3. The lowest BCUT2D eigenvalue weighted by molar-refractivity contribution is -0.206. The molecule has 0 radical (unpaired) electrons. The van der Waals surface area contributed by atoms with Gasteiger partial charge in [0.15, 0.2) is 11.6 Å². The van der Waals surface area contributed by atoms with Crippen LogP contribution >= 0.6 is 0 Å². The molecule has 0 amide bonds. The summed E-state index contributed by atoms with van der Waals surface area (Å²) in [6.45, 7) is 12.0. The largest absolute Gasteiger partial charge is 0.367 e. The topological polar surface area (TPSA) is 46.2 Å². The number of fused-ring (bicyclic) bond motifs is 1. The molecule has 5 nitrogen and oxygen atoms in total. The van der Waals surface area contributed by atoms with Crippen molar-refractivity contribution in [3.05, 3.63) is 12.7 Å². The molecular formula is C16H26O5. The molecule has 3 aliphatic rings. The molecule has 3 heterocycles. The smallest absolute Gasteiger partial charge is 0.164 e. The molecule has 0 bridgehead atoms. The zero-order valence-electron chi connectivity index (χ0n) is 13.3. The van der Waals surface area contributed by atoms with Crippen molar-refractivity contribution in [3.63, 3.8) is 0 Å². The Morgan fingerprint density at radius 2 is 1.71 bits per heavy atom. The number of allylic oxidation sites excluding steroid dienone is 1. The summed E-state index contributed by atoms with van der Waals surface area (Å²) in [7, 11) is 0. The van der Waals surface area contributed by atoms with Crippen molar-refractivity contribution in [2.45, 2.75) is 82.6 Å². The van der Waals surface area contributed by atoms with Crippen molar-refractivity contribution in [2.24, 2.45) is 0 Å². The maximum atomic E-state index is 6.20. The first kappa shape index (κ1) is 15.4. The summed E-state index contributed by atoms with van der Waals surface area (Å²) in [5.74, 6) is -1.13. The van der Waals surface area contributed by atoms with Crippen molar-refractivity contribution in [2.75, 3.05) is 6.61 Å². The van der Waals surface area contributed by atoms with Gasteiger partial charge in [0.05, 0.1) is 12.7 Å². The summed E-state index contributed by atoms with van der Waals surface area (Å²) >= 11 is 0. The minimum atomic E-state index is -0.571. The summed E-state index contributed by atoms with van der Waals surface area (Å²) in [5.41, 5.74) is 0. The number of hydrogen-bond acceptors (Lipinski definition) is 5. The van der Waals surface area contributed by atoms with E-state index in [2.05, 4.69) is 6.58 Å². The normalized spacial score (nSPS) is 43.9. The molecule has 120 valence electrons. The molecule has 0 spiro atoms. The van der Waals surface area contributed by atoms with E-state index in [0.29, 0.717) is 6.61 Å². The zero-order valence-corrected chi connectivity index (χ0v) is 13.3. The highest BCUT2D eigenvalue weighted by atomic mass is 16.8. The van der Waals surface area contributed by atoms with E-state index in [9.17, 15) is 0 Å². The fourth-order valence-electron chi connectivity index (χ4n) is 3.41. The third kappa shape index (κ3) is 3.03. The van der Waals surface area contributed by atoms with Gasteiger partial charge >= 0.3 is 0 Å². The van der Waals surface area contributed by atoms with Crippen LogP contribution in [0, 0.1) is 0 Å². The van der Waals surface area contributed by atoms with Crippen LogP contribution in [0.4, 0.5) is 0 Å². The summed E-state index contributed by atoms with van der Waals surface area (Å²) in [4.78, 5) is 0. The Morgan fingerprint density at radius 3 is 2.33 bits per heavy atom. The molecule has 0 saturated carbocycles. The molecule has 3 fully saturated rings. The van der Waals surface area contributed by atoms with Gasteiger partial charge in [-0.2, -0.15) is 0 Å². The van der Waals surface area contributed by atoms with Gasteiger partial charge in [-0.05, 0) is 40.5 Å². The van der Waals surface area contributed by atoms with Crippen LogP contribution in [-0.4, -0.2) is 48.7 Å². The van der Waals surface area contributed by atoms with Crippen molar-refractivity contribution < 1.29 is 23.7 Å². The summed E-state index contributed by atoms with van der Waals surface area (Å²) in [6, 6.07) is 0. The fraction of sp³-hybridized carbons (Fsp3) is 0.875. The first-order chi connectivity index (χ1) is 9.81. The van der Waals surface area contributed by atoms with Crippen LogP contribution in [0.3, 0.4) is 0 Å². The van der Waals surface area contributed by atoms with Gasteiger partial charge in [0.2, 0.25) is 0 Å². The van der Waals surface area contributed by atoms with E-state index < -0.39 is 11.6 Å². The second-order valence-corrected chi connectivity index (χ2v) is 6.94. The highest BCUT2D eigenvalue weighted by Gasteiger charge is 2.58. The number of ether oxygens (including phenoxy) is 5. The van der Waals surface area contributed by atoms with Gasteiger partial charge < -0.3 is 23.7 Å². The Hall–Kier alpha value is -0.460. The van der Waals surface area contributed by atoms with Gasteiger partial charge in [-0.3, -0.25) is 0 Å². The Kier molecular flexibility index (Phi) is 3.91. The standard InChI is InChI=1S/C16H26O5/c1-6-7-8-10-13-14(21-16(4,5)20-13)12(18-10)11-9-17-15(2,3)19-11/h6,10-14H,1,7-9H2,2-5H3/t10-,11-,12-,13-,14+/m1/s1. The molecule has 0 aromatic heterocycles. The molecule has 5 heteroatoms. The summed E-state index contributed by atoms with van der Waals surface area (Å²) in [5, 5.41) is 0. The van der Waals surface area contributed by atoms with E-state index >= 15 is 0 Å². The number of hydrogen-bond donors (Lipinski definition) is 0. The average molecular weight is 298 g/mol. The van der Waals surface area contributed by atoms with Crippen LogP contribution in [0.15, 0.2) is 12.7 Å². The van der Waals surface area contributed by atoms with Crippen molar-refractivity contribution in [3.8, 4) is 0 Å². The SMILES string of the molecule is C=CCC[C@H]1O[C@H]([C@H]2COC(C)(C)O2)[C@@H]2OC(C)(C)O[C@@H]21. The van der Waals surface area contributed by atoms with E-state index in [1.807, 2.05) is 33.8 Å². The lowest BCUT2D eigenvalue weighted by atomic mass is 10.0. The third-order valence-corrected chi connectivity index (χ3v) is 4.24. The minimum Gasteiger partial charge on any atom is -0.367 e. The molecule has 5 atom stereocenters. The molecule has 0 aromatic carbocycles. The number of rotatable bonds is 4. The Labute approximate surface area is 126 Å². The molecule has 3 aliphatic heterocycles. The quantitative estimate of drug-likeness (QED) is 0.746. The Bertz CT molecular complexity index is 405. The van der Waals surface area contributed by atoms with Crippen molar-refractivity contribution >= 4 is 0 Å². The highest BCUT2D eigenvalue weighted by molar-refractivity contribution is 5.02. The first-order valence-electron chi connectivity index (χ1n) is 7.75. The molecule has 0 aliphatic carbocycles. The maximum Gasteiger partial charge on any atom is 0.164 e. The van der Waals surface area contributed by atoms with Crippen molar-refractivity contribution in [1.82, 2.24) is 0 Å². The van der Waals surface area contributed by atoms with E-state index in [-0.39, 0.29) is 30.5 Å². The summed E-state index contributed by atoms with van der Waals surface area (Å²) in [6.07, 6.45) is 3.31. The second-order valence-electron chi connectivity index (χ2n) is 6.94. The predicted octanol–water partition coefficient (Wildman–Crippen LogP) is 2.39. The molecule has 21 heavy (non-hydrogen) atoms. The Morgan fingerprint density at radius 1 is 1.00 bits per heavy atom. The van der Waals surface area contributed by atoms with Gasteiger partial charge in [0, 0.05) is 0 Å². The van der Waals surface area contributed by atoms with Crippen LogP contribution < -0.4 is 0 Å². The van der Waals surface area contributed by atoms with Crippen LogP contribution in [0.1, 0.15) is 40.5 Å². The van der Waals surface area contributed by atoms with Gasteiger partial charge in [-0.25, -0.2) is 0 Å². The predicted molar refractivity (Wildman–Crippen MR) is 76.8 cm³/mol. The monoisotopic (exact) mass is 298 g/mol. The average Bonchev–Trinajstić information content (AvgIpc) is 2.98. The van der Waals surface area contributed by atoms with Crippen molar-refractivity contribution in [1.29, 1.82) is 0 Å². The lowest BCUT2D eigenvalue weighted by Crippen LogP contribution is -2.40. The van der Waals surface area contributed by atoms with E-state index in [1.54, 1.807) is 0 Å². The molecule has 0 N–H and O–H groups in total. The highest BCUT2D eigenvalue weighted by Crippen LogP contribution is 2.43. The van der Waals surface area contributed by atoms with E-state index in [0.717, 1.165) is 12.8 Å². The molecule has 3 saturated heterocycles. The third-order valence-electron chi connectivity index (χ3n) is 4.24. The van der Waals surface area contributed by atoms with E-state index in [1.165, 1.54) is 0 Å². The first-order valence-corrected chi connectivity index (χ1v) is 7.75. The minimum absolute atomic E-state index is 0.0205. The molecular weight excluding hydrogens is 272 g/mol. The van der Waals surface area contributed by atoms with Crippen LogP contribution in [0.25, 0.3) is 0 Å². The van der Waals surface area contributed by atoms with E-state index in [4.69, 9.17) is 23.7 Å². The fourth-order valence-corrected chi connectivity index (χ4v) is 3.41. The molecule has 3 rings (SSSR count). The van der Waals surface area contributed by atoms with Crippen LogP contribution in [-0.2, 0) is 23.7 Å². The van der Waals surface area contributed by atoms with Gasteiger partial charge in [-0.15, -0.1) is 6.58 Å². The lowest BCUT2D eigenvalue weighted by Gasteiger charge is -2.27. The second kappa shape index (κ2) is 5.32. The van der Waals surface area contributed by atoms with Gasteiger partial charge in [0.1, 0.15) is 24.4 Å². The Balaban J connectivity index is 1.74. The van der Waals surface area contributed by atoms with Gasteiger partial charge in [0.25, 0.3) is 0 Å². The van der Waals surface area contributed by atoms with Crippen LogP contribution in [0.5, 0.6) is 0 Å². The maximum absolute atomic E-state index is 6.20. The molecule has 0 aromatic rings. The van der Waals surface area contributed by atoms with Gasteiger partial charge in [-0.1, -0.05) is 6.08 Å².